The van der Waals surface area contributed by atoms with Crippen LogP contribution in [0, 0.1) is 0 Å². The van der Waals surface area contributed by atoms with Crippen LogP contribution >= 0.6 is 0 Å². The predicted octanol–water partition coefficient (Wildman–Crippen LogP) is 4.51. The summed E-state index contributed by atoms with van der Waals surface area (Å²) in [6, 6.07) is 13.8. The Labute approximate surface area is 126 Å². The molecular formula is C17H15F3O2. The number of halogens is 3. The van der Waals surface area contributed by atoms with Gasteiger partial charge in [0.05, 0.1) is 11.5 Å². The summed E-state index contributed by atoms with van der Waals surface area (Å²) in [5, 5.41) is 9.32. The van der Waals surface area contributed by atoms with Crippen molar-refractivity contribution in [2.24, 2.45) is 0 Å². The third-order valence-corrected chi connectivity index (χ3v) is 3.48. The van der Waals surface area contributed by atoms with E-state index in [0.29, 0.717) is 6.42 Å². The molecule has 0 bridgehead atoms. The van der Waals surface area contributed by atoms with Crippen molar-refractivity contribution >= 4 is 5.97 Å². The maximum absolute atomic E-state index is 12.7. The number of carboxylic acids is 1. The summed E-state index contributed by atoms with van der Waals surface area (Å²) in [7, 11) is 0. The number of benzene rings is 2. The summed E-state index contributed by atoms with van der Waals surface area (Å²) in [5.41, 5.74) is 0.315. The Balaban J connectivity index is 2.20. The lowest BCUT2D eigenvalue weighted by atomic mass is 9.91. The molecule has 0 amide bonds. The number of aryl methyl sites for hydroxylation is 1. The van der Waals surface area contributed by atoms with Crippen LogP contribution in [-0.4, -0.2) is 11.1 Å². The second-order valence-electron chi connectivity index (χ2n) is 5.04. The molecule has 0 spiro atoms. The average molecular weight is 308 g/mol. The van der Waals surface area contributed by atoms with Gasteiger partial charge in [-0.25, -0.2) is 0 Å². The Hall–Kier alpha value is -2.30. The van der Waals surface area contributed by atoms with Crippen LogP contribution < -0.4 is 0 Å². The van der Waals surface area contributed by atoms with Crippen LogP contribution in [0.3, 0.4) is 0 Å². The molecule has 0 radical (unpaired) electrons. The molecule has 0 unspecified atom stereocenters. The van der Waals surface area contributed by atoms with E-state index in [2.05, 4.69) is 0 Å². The minimum Gasteiger partial charge on any atom is -0.481 e. The van der Waals surface area contributed by atoms with Gasteiger partial charge in [0.1, 0.15) is 0 Å². The second-order valence-corrected chi connectivity index (χ2v) is 5.04. The molecule has 2 aromatic rings. The summed E-state index contributed by atoms with van der Waals surface area (Å²) in [4.78, 5) is 11.4. The fraction of sp³-hybridized carbons (Fsp3) is 0.235. The SMILES string of the molecule is O=C(O)[C@@H](CCc1ccccc1)c1cccc(C(F)(F)F)c1. The third-order valence-electron chi connectivity index (χ3n) is 3.48. The van der Waals surface area contributed by atoms with Crippen molar-refractivity contribution in [3.8, 4) is 0 Å². The Morgan fingerprint density at radius 1 is 1.05 bits per heavy atom. The zero-order chi connectivity index (χ0) is 16.2. The molecule has 1 atom stereocenters. The lowest BCUT2D eigenvalue weighted by Crippen LogP contribution is -2.14. The first-order valence-electron chi connectivity index (χ1n) is 6.82. The highest BCUT2D eigenvalue weighted by Gasteiger charge is 2.31. The van der Waals surface area contributed by atoms with Gasteiger partial charge < -0.3 is 5.11 Å². The van der Waals surface area contributed by atoms with E-state index in [1.54, 1.807) is 0 Å². The standard InChI is InChI=1S/C17H15F3O2/c18-17(19,20)14-8-4-7-13(11-14)15(16(21)22)10-9-12-5-2-1-3-6-12/h1-8,11,15H,9-10H2,(H,21,22)/t15-/m0/s1. The Kier molecular flexibility index (Phi) is 4.85. The van der Waals surface area contributed by atoms with Crippen LogP contribution in [0.25, 0.3) is 0 Å². The van der Waals surface area contributed by atoms with E-state index in [4.69, 9.17) is 0 Å². The Bertz CT molecular complexity index is 636. The maximum Gasteiger partial charge on any atom is 0.416 e. The predicted molar refractivity (Wildman–Crippen MR) is 76.6 cm³/mol. The minimum absolute atomic E-state index is 0.179. The van der Waals surface area contributed by atoms with Gasteiger partial charge in [-0.3, -0.25) is 4.79 Å². The molecule has 1 N–H and O–H groups in total. The molecule has 5 heteroatoms. The van der Waals surface area contributed by atoms with Crippen LogP contribution in [0.2, 0.25) is 0 Å². The van der Waals surface area contributed by atoms with E-state index >= 15 is 0 Å². The van der Waals surface area contributed by atoms with E-state index in [1.807, 2.05) is 30.3 Å². The van der Waals surface area contributed by atoms with Gasteiger partial charge in [-0.2, -0.15) is 13.2 Å². The van der Waals surface area contributed by atoms with E-state index < -0.39 is 23.6 Å². The summed E-state index contributed by atoms with van der Waals surface area (Å²) in [6.45, 7) is 0. The molecule has 0 aliphatic heterocycles. The van der Waals surface area contributed by atoms with Crippen LogP contribution in [0.1, 0.15) is 29.0 Å². The van der Waals surface area contributed by atoms with Crippen molar-refractivity contribution in [1.82, 2.24) is 0 Å². The first kappa shape index (κ1) is 16.1. The highest BCUT2D eigenvalue weighted by molar-refractivity contribution is 5.76. The molecular weight excluding hydrogens is 293 g/mol. The lowest BCUT2D eigenvalue weighted by Gasteiger charge is -2.15. The summed E-state index contributed by atoms with van der Waals surface area (Å²) in [5.74, 6) is -2.07. The number of carboxylic acid groups (broad SMARTS) is 1. The fourth-order valence-corrected chi connectivity index (χ4v) is 2.32. The van der Waals surface area contributed by atoms with Gasteiger partial charge in [-0.1, -0.05) is 48.5 Å². The van der Waals surface area contributed by atoms with Gasteiger partial charge in [0.25, 0.3) is 0 Å². The molecule has 0 heterocycles. The zero-order valence-corrected chi connectivity index (χ0v) is 11.7. The Morgan fingerprint density at radius 2 is 1.73 bits per heavy atom. The largest absolute Gasteiger partial charge is 0.481 e. The molecule has 116 valence electrons. The molecule has 2 aromatic carbocycles. The van der Waals surface area contributed by atoms with E-state index in [9.17, 15) is 23.1 Å². The smallest absolute Gasteiger partial charge is 0.416 e. The van der Waals surface area contributed by atoms with Gasteiger partial charge in [0.15, 0.2) is 0 Å². The fourth-order valence-electron chi connectivity index (χ4n) is 2.32. The molecule has 0 saturated heterocycles. The van der Waals surface area contributed by atoms with Gasteiger partial charge in [0, 0.05) is 0 Å². The normalized spacial score (nSPS) is 12.9. The molecule has 2 rings (SSSR count). The first-order valence-corrected chi connectivity index (χ1v) is 6.82. The molecule has 0 aliphatic carbocycles. The number of hydrogen-bond donors (Lipinski definition) is 1. The van der Waals surface area contributed by atoms with E-state index in [-0.39, 0.29) is 12.0 Å². The quantitative estimate of drug-likeness (QED) is 0.882. The van der Waals surface area contributed by atoms with Crippen molar-refractivity contribution in [3.05, 3.63) is 71.3 Å². The third kappa shape index (κ3) is 4.10. The average Bonchev–Trinajstić information content (AvgIpc) is 2.48. The highest BCUT2D eigenvalue weighted by atomic mass is 19.4. The van der Waals surface area contributed by atoms with Gasteiger partial charge in [-0.15, -0.1) is 0 Å². The maximum atomic E-state index is 12.7. The number of carbonyl (C=O) groups is 1. The monoisotopic (exact) mass is 308 g/mol. The topological polar surface area (TPSA) is 37.3 Å². The number of rotatable bonds is 5. The molecule has 0 aromatic heterocycles. The zero-order valence-electron chi connectivity index (χ0n) is 11.7. The van der Waals surface area contributed by atoms with Crippen LogP contribution in [0.4, 0.5) is 13.2 Å². The molecule has 0 fully saturated rings. The Morgan fingerprint density at radius 3 is 2.32 bits per heavy atom. The van der Waals surface area contributed by atoms with Crippen molar-refractivity contribution in [1.29, 1.82) is 0 Å². The van der Waals surface area contributed by atoms with Crippen LogP contribution in [0.15, 0.2) is 54.6 Å². The number of aliphatic carboxylic acids is 1. The van der Waals surface area contributed by atoms with Crippen molar-refractivity contribution in [2.75, 3.05) is 0 Å². The highest BCUT2D eigenvalue weighted by Crippen LogP contribution is 2.32. The van der Waals surface area contributed by atoms with Gasteiger partial charge in [0.2, 0.25) is 0 Å². The molecule has 2 nitrogen and oxygen atoms in total. The van der Waals surface area contributed by atoms with Crippen LogP contribution in [-0.2, 0) is 17.4 Å². The van der Waals surface area contributed by atoms with Gasteiger partial charge in [-0.05, 0) is 30.0 Å². The molecule has 0 saturated carbocycles. The van der Waals surface area contributed by atoms with Crippen molar-refractivity contribution in [2.45, 2.75) is 24.9 Å². The second kappa shape index (κ2) is 6.64. The van der Waals surface area contributed by atoms with Crippen molar-refractivity contribution in [3.63, 3.8) is 0 Å². The van der Waals surface area contributed by atoms with Crippen LogP contribution in [0.5, 0.6) is 0 Å². The van der Waals surface area contributed by atoms with Gasteiger partial charge >= 0.3 is 12.1 Å². The lowest BCUT2D eigenvalue weighted by molar-refractivity contribution is -0.140. The number of alkyl halides is 3. The molecule has 0 aliphatic rings. The summed E-state index contributed by atoms with van der Waals surface area (Å²) < 4.78 is 38.2. The minimum atomic E-state index is -4.47. The van der Waals surface area contributed by atoms with E-state index in [1.165, 1.54) is 12.1 Å². The van der Waals surface area contributed by atoms with Crippen molar-refractivity contribution < 1.29 is 23.1 Å². The summed E-state index contributed by atoms with van der Waals surface area (Å²) in [6.07, 6.45) is -3.73. The number of hydrogen-bond acceptors (Lipinski definition) is 1. The van der Waals surface area contributed by atoms with E-state index in [0.717, 1.165) is 17.7 Å². The summed E-state index contributed by atoms with van der Waals surface area (Å²) >= 11 is 0. The molecule has 22 heavy (non-hydrogen) atoms. The first-order chi connectivity index (χ1) is 10.4.